The van der Waals surface area contributed by atoms with Crippen LogP contribution in [0, 0.1) is 0 Å². The van der Waals surface area contributed by atoms with Crippen molar-refractivity contribution in [1.82, 2.24) is 9.97 Å². The van der Waals surface area contributed by atoms with Gasteiger partial charge in [0.1, 0.15) is 0 Å². The van der Waals surface area contributed by atoms with Crippen molar-refractivity contribution in [2.75, 3.05) is 0 Å². The van der Waals surface area contributed by atoms with Crippen molar-refractivity contribution in [1.29, 1.82) is 0 Å². The second-order valence-corrected chi connectivity index (χ2v) is 7.60. The van der Waals surface area contributed by atoms with E-state index < -0.39 is 0 Å². The lowest BCUT2D eigenvalue weighted by Crippen LogP contribution is -1.96. The van der Waals surface area contributed by atoms with E-state index in [2.05, 4.69) is 73.3 Å². The summed E-state index contributed by atoms with van der Waals surface area (Å²) in [7, 11) is 0. The van der Waals surface area contributed by atoms with Gasteiger partial charge in [-0.15, -0.1) is 0 Å². The predicted molar refractivity (Wildman–Crippen MR) is 134 cm³/mol. The molecule has 1 aromatic heterocycles. The predicted octanol–water partition coefficient (Wildman–Crippen LogP) is 7.79. The molecular formula is C30H22N2. The van der Waals surface area contributed by atoms with E-state index in [0.717, 1.165) is 33.6 Å². The van der Waals surface area contributed by atoms with Crippen molar-refractivity contribution in [3.05, 3.63) is 127 Å². The van der Waals surface area contributed by atoms with Crippen molar-refractivity contribution < 1.29 is 0 Å². The van der Waals surface area contributed by atoms with Gasteiger partial charge in [-0.05, 0) is 22.8 Å². The fourth-order valence-corrected chi connectivity index (χ4v) is 3.71. The number of rotatable bonds is 5. The highest BCUT2D eigenvalue weighted by Gasteiger charge is 2.11. The Morgan fingerprint density at radius 1 is 0.469 bits per heavy atom. The van der Waals surface area contributed by atoms with Crippen LogP contribution in [0.1, 0.15) is 5.56 Å². The Bertz CT molecular complexity index is 1340. The van der Waals surface area contributed by atoms with Crippen LogP contribution in [0.3, 0.4) is 0 Å². The van der Waals surface area contributed by atoms with Crippen LogP contribution in [-0.4, -0.2) is 9.97 Å². The van der Waals surface area contributed by atoms with E-state index in [0.29, 0.717) is 5.82 Å². The zero-order valence-electron chi connectivity index (χ0n) is 17.6. The van der Waals surface area contributed by atoms with Crippen LogP contribution in [0.25, 0.3) is 51.1 Å². The SMILES string of the molecule is C=Cc1ccc(-c2nc(-c3ccccc3)cc(-c3ccc(-c4ccccc4)cc3)n2)cc1. The van der Waals surface area contributed by atoms with E-state index in [4.69, 9.17) is 9.97 Å². The van der Waals surface area contributed by atoms with Crippen LogP contribution >= 0.6 is 0 Å². The lowest BCUT2D eigenvalue weighted by Gasteiger charge is -2.10. The molecule has 0 aliphatic rings. The molecule has 0 N–H and O–H groups in total. The van der Waals surface area contributed by atoms with Crippen LogP contribution in [0.4, 0.5) is 0 Å². The molecule has 0 radical (unpaired) electrons. The summed E-state index contributed by atoms with van der Waals surface area (Å²) in [5.74, 6) is 0.712. The Morgan fingerprint density at radius 3 is 1.47 bits per heavy atom. The van der Waals surface area contributed by atoms with Gasteiger partial charge >= 0.3 is 0 Å². The minimum Gasteiger partial charge on any atom is -0.228 e. The zero-order chi connectivity index (χ0) is 21.8. The van der Waals surface area contributed by atoms with Crippen molar-refractivity contribution in [2.24, 2.45) is 0 Å². The Labute approximate surface area is 188 Å². The maximum absolute atomic E-state index is 4.92. The smallest absolute Gasteiger partial charge is 0.160 e. The number of nitrogens with zero attached hydrogens (tertiary/aromatic N) is 2. The van der Waals surface area contributed by atoms with Gasteiger partial charge in [-0.25, -0.2) is 9.97 Å². The first-order valence-electron chi connectivity index (χ1n) is 10.6. The Hall–Kier alpha value is -4.30. The van der Waals surface area contributed by atoms with E-state index in [-0.39, 0.29) is 0 Å². The molecule has 0 amide bonds. The Balaban J connectivity index is 1.60. The topological polar surface area (TPSA) is 25.8 Å². The highest BCUT2D eigenvalue weighted by Crippen LogP contribution is 2.29. The summed E-state index contributed by atoms with van der Waals surface area (Å²) in [6, 6.07) is 39.4. The largest absolute Gasteiger partial charge is 0.228 e. The number of hydrogen-bond donors (Lipinski definition) is 0. The molecule has 5 rings (SSSR count). The van der Waals surface area contributed by atoms with Gasteiger partial charge in [0.05, 0.1) is 11.4 Å². The molecule has 0 bridgehead atoms. The second kappa shape index (κ2) is 8.83. The van der Waals surface area contributed by atoms with Crippen LogP contribution < -0.4 is 0 Å². The van der Waals surface area contributed by atoms with Crippen LogP contribution in [0.5, 0.6) is 0 Å². The molecule has 0 fully saturated rings. The van der Waals surface area contributed by atoms with Crippen LogP contribution in [-0.2, 0) is 0 Å². The summed E-state index contributed by atoms with van der Waals surface area (Å²) in [4.78, 5) is 9.80. The summed E-state index contributed by atoms with van der Waals surface area (Å²) in [6.07, 6.45) is 1.84. The molecule has 0 aliphatic carbocycles. The molecule has 0 aliphatic heterocycles. The molecule has 0 atom stereocenters. The van der Waals surface area contributed by atoms with Gasteiger partial charge in [-0.3, -0.25) is 0 Å². The highest BCUT2D eigenvalue weighted by molar-refractivity contribution is 5.74. The average Bonchev–Trinajstić information content (AvgIpc) is 2.89. The van der Waals surface area contributed by atoms with E-state index in [1.807, 2.05) is 54.6 Å². The van der Waals surface area contributed by atoms with E-state index in [9.17, 15) is 0 Å². The quantitative estimate of drug-likeness (QED) is 0.295. The minimum atomic E-state index is 0.712. The van der Waals surface area contributed by atoms with Gasteiger partial charge in [-0.1, -0.05) is 122 Å². The third-order valence-electron chi connectivity index (χ3n) is 5.49. The van der Waals surface area contributed by atoms with E-state index in [1.54, 1.807) is 0 Å². The minimum absolute atomic E-state index is 0.712. The first-order valence-corrected chi connectivity index (χ1v) is 10.6. The van der Waals surface area contributed by atoms with Gasteiger partial charge in [0.2, 0.25) is 0 Å². The summed E-state index contributed by atoms with van der Waals surface area (Å²) < 4.78 is 0. The molecule has 0 unspecified atom stereocenters. The molecule has 0 spiro atoms. The molecule has 5 aromatic rings. The molecule has 152 valence electrons. The van der Waals surface area contributed by atoms with Crippen LogP contribution in [0.15, 0.2) is 122 Å². The van der Waals surface area contributed by atoms with Crippen molar-refractivity contribution in [3.8, 4) is 45.0 Å². The van der Waals surface area contributed by atoms with Crippen molar-refractivity contribution in [3.63, 3.8) is 0 Å². The molecule has 4 aromatic carbocycles. The molecule has 2 nitrogen and oxygen atoms in total. The first-order chi connectivity index (χ1) is 15.8. The molecule has 0 saturated carbocycles. The monoisotopic (exact) mass is 410 g/mol. The molecular weight excluding hydrogens is 388 g/mol. The summed E-state index contributed by atoms with van der Waals surface area (Å²) >= 11 is 0. The van der Waals surface area contributed by atoms with Gasteiger partial charge in [0.25, 0.3) is 0 Å². The normalized spacial score (nSPS) is 10.6. The third kappa shape index (κ3) is 4.12. The summed E-state index contributed by atoms with van der Waals surface area (Å²) in [5.41, 5.74) is 8.39. The fourth-order valence-electron chi connectivity index (χ4n) is 3.71. The molecule has 1 heterocycles. The summed E-state index contributed by atoms with van der Waals surface area (Å²) in [5, 5.41) is 0. The second-order valence-electron chi connectivity index (χ2n) is 7.60. The molecule has 32 heavy (non-hydrogen) atoms. The summed E-state index contributed by atoms with van der Waals surface area (Å²) in [6.45, 7) is 3.84. The van der Waals surface area contributed by atoms with Crippen molar-refractivity contribution >= 4 is 6.08 Å². The van der Waals surface area contributed by atoms with E-state index >= 15 is 0 Å². The van der Waals surface area contributed by atoms with Crippen LogP contribution in [0.2, 0.25) is 0 Å². The average molecular weight is 411 g/mol. The van der Waals surface area contributed by atoms with Crippen molar-refractivity contribution in [2.45, 2.75) is 0 Å². The van der Waals surface area contributed by atoms with E-state index in [1.165, 1.54) is 11.1 Å². The zero-order valence-corrected chi connectivity index (χ0v) is 17.6. The number of hydrogen-bond acceptors (Lipinski definition) is 2. The first kappa shape index (κ1) is 19.7. The fraction of sp³-hybridized carbons (Fsp3) is 0. The Kier molecular flexibility index (Phi) is 5.42. The highest BCUT2D eigenvalue weighted by atomic mass is 14.9. The maximum Gasteiger partial charge on any atom is 0.160 e. The molecule has 2 heteroatoms. The van der Waals surface area contributed by atoms with Gasteiger partial charge < -0.3 is 0 Å². The molecule has 0 saturated heterocycles. The maximum atomic E-state index is 4.92. The Morgan fingerprint density at radius 2 is 0.906 bits per heavy atom. The number of benzene rings is 4. The number of aromatic nitrogens is 2. The lowest BCUT2D eigenvalue weighted by atomic mass is 10.0. The lowest BCUT2D eigenvalue weighted by molar-refractivity contribution is 1.18. The van der Waals surface area contributed by atoms with Gasteiger partial charge in [0.15, 0.2) is 5.82 Å². The van der Waals surface area contributed by atoms with Gasteiger partial charge in [0, 0.05) is 16.7 Å². The van der Waals surface area contributed by atoms with Gasteiger partial charge in [-0.2, -0.15) is 0 Å². The standard InChI is InChI=1S/C30H22N2/c1-2-22-13-15-27(16-14-22)30-31-28(25-11-7-4-8-12-25)21-29(32-30)26-19-17-24(18-20-26)23-9-5-3-6-10-23/h2-21H,1H2. The third-order valence-corrected chi connectivity index (χ3v) is 5.49.